The molecule has 1 amide bonds. The van der Waals surface area contributed by atoms with Gasteiger partial charge in [-0.3, -0.25) is 4.79 Å². The number of nitrogen functional groups attached to an aromatic ring is 1. The summed E-state index contributed by atoms with van der Waals surface area (Å²) in [6.45, 7) is 6.26. The molecule has 0 unspecified atom stereocenters. The van der Waals surface area contributed by atoms with E-state index in [2.05, 4.69) is 11.6 Å². The van der Waals surface area contributed by atoms with Gasteiger partial charge in [0.05, 0.1) is 5.56 Å². The van der Waals surface area contributed by atoms with Crippen molar-refractivity contribution in [1.82, 2.24) is 9.88 Å². The lowest BCUT2D eigenvalue weighted by Gasteiger charge is -2.16. The SMILES string of the molecule is C=C(C)CN(C)C(=O)c1c[nH]c2ccc(N)cc12. The van der Waals surface area contributed by atoms with Crippen LogP contribution in [-0.2, 0) is 0 Å². The first-order chi connectivity index (χ1) is 8.49. The Morgan fingerprint density at radius 3 is 2.89 bits per heavy atom. The molecule has 2 rings (SSSR count). The van der Waals surface area contributed by atoms with Crippen molar-refractivity contribution >= 4 is 22.5 Å². The van der Waals surface area contributed by atoms with Crippen molar-refractivity contribution in [2.45, 2.75) is 6.92 Å². The van der Waals surface area contributed by atoms with Gasteiger partial charge in [0.15, 0.2) is 0 Å². The average molecular weight is 243 g/mol. The van der Waals surface area contributed by atoms with Crippen molar-refractivity contribution in [2.75, 3.05) is 19.3 Å². The van der Waals surface area contributed by atoms with Gasteiger partial charge >= 0.3 is 0 Å². The second-order valence-corrected chi connectivity index (χ2v) is 4.63. The number of aromatic amines is 1. The van der Waals surface area contributed by atoms with Crippen LogP contribution in [0.2, 0.25) is 0 Å². The molecule has 0 aliphatic rings. The van der Waals surface area contributed by atoms with Crippen LogP contribution in [0, 0.1) is 0 Å². The average Bonchev–Trinajstić information content (AvgIpc) is 2.69. The second-order valence-electron chi connectivity index (χ2n) is 4.63. The van der Waals surface area contributed by atoms with E-state index in [-0.39, 0.29) is 5.91 Å². The van der Waals surface area contributed by atoms with Crippen molar-refractivity contribution < 1.29 is 4.79 Å². The van der Waals surface area contributed by atoms with Crippen LogP contribution in [0.15, 0.2) is 36.5 Å². The molecule has 1 aromatic carbocycles. The number of H-pyrrole nitrogens is 1. The predicted octanol–water partition coefficient (Wildman–Crippen LogP) is 2.40. The van der Waals surface area contributed by atoms with Gasteiger partial charge in [-0.05, 0) is 25.1 Å². The zero-order valence-electron chi connectivity index (χ0n) is 10.7. The number of aromatic nitrogens is 1. The van der Waals surface area contributed by atoms with Crippen LogP contribution in [0.25, 0.3) is 10.9 Å². The van der Waals surface area contributed by atoms with E-state index >= 15 is 0 Å². The number of rotatable bonds is 3. The third-order valence-corrected chi connectivity index (χ3v) is 2.79. The van der Waals surface area contributed by atoms with E-state index in [9.17, 15) is 4.79 Å². The maximum atomic E-state index is 12.3. The number of nitrogens with one attached hydrogen (secondary N) is 1. The number of nitrogens with zero attached hydrogens (tertiary/aromatic N) is 1. The number of amides is 1. The van der Waals surface area contributed by atoms with Gasteiger partial charge in [0.25, 0.3) is 5.91 Å². The summed E-state index contributed by atoms with van der Waals surface area (Å²) in [7, 11) is 1.77. The lowest BCUT2D eigenvalue weighted by molar-refractivity contribution is 0.0809. The maximum absolute atomic E-state index is 12.3. The summed E-state index contributed by atoms with van der Waals surface area (Å²) in [5.41, 5.74) is 8.91. The summed E-state index contributed by atoms with van der Waals surface area (Å²) in [5, 5.41) is 0.855. The molecule has 0 atom stereocenters. The van der Waals surface area contributed by atoms with Gasteiger partial charge in [0.1, 0.15) is 0 Å². The molecule has 0 saturated carbocycles. The van der Waals surface area contributed by atoms with E-state index in [4.69, 9.17) is 5.73 Å². The minimum absolute atomic E-state index is 0.0325. The van der Waals surface area contributed by atoms with Gasteiger partial charge in [0, 0.05) is 36.4 Å². The van der Waals surface area contributed by atoms with Crippen LogP contribution < -0.4 is 5.73 Å². The van der Waals surface area contributed by atoms with E-state index < -0.39 is 0 Å². The van der Waals surface area contributed by atoms with Gasteiger partial charge in [-0.15, -0.1) is 0 Å². The molecule has 0 aliphatic heterocycles. The lowest BCUT2D eigenvalue weighted by atomic mass is 10.1. The van der Waals surface area contributed by atoms with E-state index in [1.165, 1.54) is 0 Å². The summed E-state index contributed by atoms with van der Waals surface area (Å²) >= 11 is 0. The Balaban J connectivity index is 2.38. The highest BCUT2D eigenvalue weighted by molar-refractivity contribution is 6.07. The molecule has 94 valence electrons. The number of carbonyl (C=O) groups excluding carboxylic acids is 1. The highest BCUT2D eigenvalue weighted by Gasteiger charge is 2.16. The second kappa shape index (κ2) is 4.56. The number of anilines is 1. The molecule has 3 N–H and O–H groups in total. The number of likely N-dealkylation sites (N-methyl/N-ethyl adjacent to an activating group) is 1. The minimum atomic E-state index is -0.0325. The fourth-order valence-corrected chi connectivity index (χ4v) is 2.00. The number of fused-ring (bicyclic) bond motifs is 1. The molecule has 4 heteroatoms. The number of hydrogen-bond acceptors (Lipinski definition) is 2. The molecule has 0 aliphatic carbocycles. The van der Waals surface area contributed by atoms with Gasteiger partial charge < -0.3 is 15.6 Å². The summed E-state index contributed by atoms with van der Waals surface area (Å²) in [5.74, 6) is -0.0325. The summed E-state index contributed by atoms with van der Waals surface area (Å²) in [6, 6.07) is 5.50. The Kier molecular flexibility index (Phi) is 3.10. The number of nitrogens with two attached hydrogens (primary N) is 1. The molecule has 1 aromatic heterocycles. The zero-order chi connectivity index (χ0) is 13.3. The van der Waals surface area contributed by atoms with Crippen molar-refractivity contribution in [2.24, 2.45) is 0 Å². The normalized spacial score (nSPS) is 10.6. The van der Waals surface area contributed by atoms with Gasteiger partial charge in [-0.1, -0.05) is 12.2 Å². The Morgan fingerprint density at radius 1 is 1.50 bits per heavy atom. The van der Waals surface area contributed by atoms with Crippen LogP contribution in [0.5, 0.6) is 0 Å². The van der Waals surface area contributed by atoms with Crippen molar-refractivity contribution in [1.29, 1.82) is 0 Å². The van der Waals surface area contributed by atoms with E-state index in [0.717, 1.165) is 16.5 Å². The van der Waals surface area contributed by atoms with Crippen LogP contribution in [0.1, 0.15) is 17.3 Å². The fraction of sp³-hybridized carbons (Fsp3) is 0.214. The molecular formula is C14H17N3O. The number of hydrogen-bond donors (Lipinski definition) is 2. The molecule has 0 spiro atoms. The van der Waals surface area contributed by atoms with Crippen molar-refractivity contribution in [3.8, 4) is 0 Å². The minimum Gasteiger partial charge on any atom is -0.399 e. The standard InChI is InChI=1S/C14H17N3O/c1-9(2)8-17(3)14(18)12-7-16-13-5-4-10(15)6-11(12)13/h4-7,16H,1,8,15H2,2-3H3. The van der Waals surface area contributed by atoms with Gasteiger partial charge in [-0.25, -0.2) is 0 Å². The summed E-state index contributed by atoms with van der Waals surface area (Å²) < 4.78 is 0. The van der Waals surface area contributed by atoms with Crippen LogP contribution >= 0.6 is 0 Å². The van der Waals surface area contributed by atoms with Crippen molar-refractivity contribution in [3.05, 3.63) is 42.1 Å². The first-order valence-electron chi connectivity index (χ1n) is 5.75. The van der Waals surface area contributed by atoms with Crippen LogP contribution in [0.3, 0.4) is 0 Å². The van der Waals surface area contributed by atoms with E-state index in [1.54, 1.807) is 18.1 Å². The number of benzene rings is 1. The molecule has 1 heterocycles. The Labute approximate surface area is 106 Å². The zero-order valence-corrected chi connectivity index (χ0v) is 10.7. The highest BCUT2D eigenvalue weighted by atomic mass is 16.2. The van der Waals surface area contributed by atoms with Crippen molar-refractivity contribution in [3.63, 3.8) is 0 Å². The molecular weight excluding hydrogens is 226 g/mol. The van der Waals surface area contributed by atoms with Gasteiger partial charge in [0.2, 0.25) is 0 Å². The predicted molar refractivity (Wildman–Crippen MR) is 74.5 cm³/mol. The highest BCUT2D eigenvalue weighted by Crippen LogP contribution is 2.22. The molecule has 0 saturated heterocycles. The lowest BCUT2D eigenvalue weighted by Crippen LogP contribution is -2.27. The largest absolute Gasteiger partial charge is 0.399 e. The summed E-state index contributed by atoms with van der Waals surface area (Å²) in [4.78, 5) is 17.0. The molecule has 0 bridgehead atoms. The number of carbonyl (C=O) groups is 1. The Hall–Kier alpha value is -2.23. The maximum Gasteiger partial charge on any atom is 0.256 e. The van der Waals surface area contributed by atoms with E-state index in [0.29, 0.717) is 17.8 Å². The first-order valence-corrected chi connectivity index (χ1v) is 5.75. The Morgan fingerprint density at radius 2 is 2.22 bits per heavy atom. The topological polar surface area (TPSA) is 62.1 Å². The van der Waals surface area contributed by atoms with Crippen LogP contribution in [-0.4, -0.2) is 29.4 Å². The molecule has 0 fully saturated rings. The molecule has 0 radical (unpaired) electrons. The first kappa shape index (κ1) is 12.2. The molecule has 2 aromatic rings. The molecule has 4 nitrogen and oxygen atoms in total. The van der Waals surface area contributed by atoms with Gasteiger partial charge in [-0.2, -0.15) is 0 Å². The Bertz CT molecular complexity index is 613. The smallest absolute Gasteiger partial charge is 0.256 e. The fourth-order valence-electron chi connectivity index (χ4n) is 2.00. The third kappa shape index (κ3) is 2.22. The van der Waals surface area contributed by atoms with E-state index in [1.807, 2.05) is 25.1 Å². The summed E-state index contributed by atoms with van der Waals surface area (Å²) in [6.07, 6.45) is 1.72. The monoisotopic (exact) mass is 243 g/mol. The van der Waals surface area contributed by atoms with Crippen LogP contribution in [0.4, 0.5) is 5.69 Å². The third-order valence-electron chi connectivity index (χ3n) is 2.79. The molecule has 18 heavy (non-hydrogen) atoms. The quantitative estimate of drug-likeness (QED) is 0.642.